The molecule has 2 atom stereocenters. The van der Waals surface area contributed by atoms with Gasteiger partial charge in [0, 0.05) is 23.5 Å². The number of aliphatic imine (C=N–C) groups is 1. The number of thiazole rings is 1. The minimum Gasteiger partial charge on any atom is -0.370 e. The quantitative estimate of drug-likeness (QED) is 0.477. The fourth-order valence-electron chi connectivity index (χ4n) is 1.19. The lowest BCUT2D eigenvalue weighted by Gasteiger charge is -2.12. The van der Waals surface area contributed by atoms with Gasteiger partial charge in [-0.3, -0.25) is 4.99 Å². The van der Waals surface area contributed by atoms with E-state index in [1.807, 2.05) is 11.6 Å². The number of nitrogens with two attached hydrogens (primary N) is 1. The molecule has 0 saturated carbocycles. The normalized spacial score (nSPS) is 14.9. The van der Waals surface area contributed by atoms with Crippen LogP contribution in [-0.2, 0) is 0 Å². The minimum atomic E-state index is 0. The molecule has 0 aliphatic carbocycles. The number of nitrogens with zero attached hydrogens (tertiary/aromatic N) is 2. The molecule has 1 rings (SSSR count). The van der Waals surface area contributed by atoms with Gasteiger partial charge in [-0.1, -0.05) is 13.8 Å². The molecule has 3 N–H and O–H groups in total. The standard InChI is InChI=1S/C11H20N4S.HI/c1-4-9(3)15-11(12)14-7-8(2)10-13-5-6-16-10;/h5-6,8-9H,4,7H2,1-3H3,(H3,12,14,15);1H. The Morgan fingerprint density at radius 1 is 1.59 bits per heavy atom. The van der Waals surface area contributed by atoms with E-state index in [-0.39, 0.29) is 24.0 Å². The third-order valence-electron chi connectivity index (χ3n) is 2.42. The van der Waals surface area contributed by atoms with Crippen LogP contribution in [0.5, 0.6) is 0 Å². The first kappa shape index (κ1) is 16.6. The Kier molecular flexibility index (Phi) is 8.49. The smallest absolute Gasteiger partial charge is 0.188 e. The minimum absolute atomic E-state index is 0. The summed E-state index contributed by atoms with van der Waals surface area (Å²) in [5.41, 5.74) is 5.77. The summed E-state index contributed by atoms with van der Waals surface area (Å²) in [6, 6.07) is 0.374. The zero-order valence-corrected chi connectivity index (χ0v) is 13.7. The third kappa shape index (κ3) is 6.21. The first-order chi connectivity index (χ1) is 7.63. The van der Waals surface area contributed by atoms with E-state index < -0.39 is 0 Å². The van der Waals surface area contributed by atoms with Crippen molar-refractivity contribution in [3.8, 4) is 0 Å². The lowest BCUT2D eigenvalue weighted by Crippen LogP contribution is -2.38. The van der Waals surface area contributed by atoms with Gasteiger partial charge in [-0.2, -0.15) is 0 Å². The number of aromatic nitrogens is 1. The van der Waals surface area contributed by atoms with Gasteiger partial charge in [-0.25, -0.2) is 4.98 Å². The summed E-state index contributed by atoms with van der Waals surface area (Å²) in [5, 5.41) is 6.23. The van der Waals surface area contributed by atoms with Crippen LogP contribution in [0.1, 0.15) is 38.1 Å². The second-order valence-electron chi connectivity index (χ2n) is 3.95. The lowest BCUT2D eigenvalue weighted by molar-refractivity contribution is 0.634. The Balaban J connectivity index is 0.00000256. The monoisotopic (exact) mass is 368 g/mol. The maximum Gasteiger partial charge on any atom is 0.188 e. The van der Waals surface area contributed by atoms with Crippen LogP contribution in [0.15, 0.2) is 16.6 Å². The van der Waals surface area contributed by atoms with Crippen molar-refractivity contribution in [2.24, 2.45) is 10.7 Å². The van der Waals surface area contributed by atoms with E-state index in [4.69, 9.17) is 5.73 Å². The van der Waals surface area contributed by atoms with E-state index in [0.717, 1.165) is 11.4 Å². The van der Waals surface area contributed by atoms with Gasteiger partial charge in [0.05, 0.1) is 11.6 Å². The van der Waals surface area contributed by atoms with Gasteiger partial charge in [0.15, 0.2) is 5.96 Å². The number of halogens is 1. The van der Waals surface area contributed by atoms with E-state index in [1.165, 1.54) is 0 Å². The van der Waals surface area contributed by atoms with Crippen molar-refractivity contribution in [1.29, 1.82) is 0 Å². The second-order valence-corrected chi connectivity index (χ2v) is 4.88. The molecule has 1 heterocycles. The molecule has 0 bridgehead atoms. The lowest BCUT2D eigenvalue weighted by atomic mass is 10.2. The number of rotatable bonds is 5. The molecular weight excluding hydrogens is 347 g/mol. The molecule has 0 amide bonds. The summed E-state index contributed by atoms with van der Waals surface area (Å²) in [5.74, 6) is 0.857. The molecule has 0 fully saturated rings. The second kappa shape index (κ2) is 8.68. The van der Waals surface area contributed by atoms with Crippen LogP contribution >= 0.6 is 35.3 Å². The Bertz CT molecular complexity index is 326. The summed E-state index contributed by atoms with van der Waals surface area (Å²) in [6.07, 6.45) is 2.86. The third-order valence-corrected chi connectivity index (χ3v) is 3.42. The summed E-state index contributed by atoms with van der Waals surface area (Å²) in [6.45, 7) is 7.00. The van der Waals surface area contributed by atoms with Gasteiger partial charge in [0.25, 0.3) is 0 Å². The summed E-state index contributed by atoms with van der Waals surface area (Å²) in [4.78, 5) is 8.58. The van der Waals surface area contributed by atoms with Gasteiger partial charge in [-0.15, -0.1) is 35.3 Å². The number of nitrogens with one attached hydrogen (secondary N) is 1. The predicted molar refractivity (Wildman–Crippen MR) is 85.3 cm³/mol. The van der Waals surface area contributed by atoms with E-state index in [0.29, 0.717) is 24.5 Å². The van der Waals surface area contributed by atoms with E-state index >= 15 is 0 Å². The van der Waals surface area contributed by atoms with Gasteiger partial charge >= 0.3 is 0 Å². The maximum atomic E-state index is 5.77. The molecule has 17 heavy (non-hydrogen) atoms. The highest BCUT2D eigenvalue weighted by Gasteiger charge is 2.07. The van der Waals surface area contributed by atoms with E-state index in [2.05, 4.69) is 36.1 Å². The van der Waals surface area contributed by atoms with Gasteiger partial charge in [0.1, 0.15) is 0 Å². The summed E-state index contributed by atoms with van der Waals surface area (Å²) >= 11 is 1.66. The largest absolute Gasteiger partial charge is 0.370 e. The van der Waals surface area contributed by atoms with E-state index in [1.54, 1.807) is 11.3 Å². The first-order valence-corrected chi connectivity index (χ1v) is 6.47. The van der Waals surface area contributed by atoms with Gasteiger partial charge in [0.2, 0.25) is 0 Å². The highest BCUT2D eigenvalue weighted by Crippen LogP contribution is 2.17. The van der Waals surface area contributed by atoms with Crippen molar-refractivity contribution < 1.29 is 0 Å². The highest BCUT2D eigenvalue weighted by atomic mass is 127. The van der Waals surface area contributed by atoms with Crippen molar-refractivity contribution in [2.45, 2.75) is 39.2 Å². The molecule has 0 aliphatic heterocycles. The highest BCUT2D eigenvalue weighted by molar-refractivity contribution is 14.0. The molecule has 2 unspecified atom stereocenters. The zero-order valence-electron chi connectivity index (χ0n) is 10.5. The molecule has 1 aromatic rings. The fraction of sp³-hybridized carbons (Fsp3) is 0.636. The van der Waals surface area contributed by atoms with Crippen LogP contribution in [0.2, 0.25) is 0 Å². The van der Waals surface area contributed by atoms with Gasteiger partial charge in [-0.05, 0) is 13.3 Å². The van der Waals surface area contributed by atoms with Crippen LogP contribution in [-0.4, -0.2) is 23.5 Å². The molecule has 98 valence electrons. The molecule has 0 radical (unpaired) electrons. The Hall–Kier alpha value is -0.370. The zero-order chi connectivity index (χ0) is 12.0. The predicted octanol–water partition coefficient (Wildman–Crippen LogP) is 2.57. The average molecular weight is 368 g/mol. The van der Waals surface area contributed by atoms with Crippen LogP contribution in [0, 0.1) is 0 Å². The molecule has 0 aliphatic rings. The van der Waals surface area contributed by atoms with Crippen LogP contribution in [0.25, 0.3) is 0 Å². The van der Waals surface area contributed by atoms with Crippen molar-refractivity contribution in [1.82, 2.24) is 10.3 Å². The average Bonchev–Trinajstić information content (AvgIpc) is 2.79. The topological polar surface area (TPSA) is 63.3 Å². The molecule has 0 saturated heterocycles. The van der Waals surface area contributed by atoms with E-state index in [9.17, 15) is 0 Å². The molecule has 0 spiro atoms. The SMILES string of the molecule is CCC(C)NC(N)=NCC(C)c1nccs1.I. The first-order valence-electron chi connectivity index (χ1n) is 5.59. The number of hydrogen-bond donors (Lipinski definition) is 2. The number of guanidine groups is 1. The summed E-state index contributed by atoms with van der Waals surface area (Å²) < 4.78 is 0. The molecular formula is C11H21IN4S. The van der Waals surface area contributed by atoms with Crippen molar-refractivity contribution in [3.05, 3.63) is 16.6 Å². The summed E-state index contributed by atoms with van der Waals surface area (Å²) in [7, 11) is 0. The van der Waals surface area contributed by atoms with Crippen molar-refractivity contribution in [2.75, 3.05) is 6.54 Å². The fourth-order valence-corrected chi connectivity index (χ4v) is 1.88. The number of hydrogen-bond acceptors (Lipinski definition) is 3. The Morgan fingerprint density at radius 2 is 2.29 bits per heavy atom. The van der Waals surface area contributed by atoms with Gasteiger partial charge < -0.3 is 11.1 Å². The Labute approximate surface area is 124 Å². The molecule has 0 aromatic carbocycles. The van der Waals surface area contributed by atoms with Crippen LogP contribution in [0.3, 0.4) is 0 Å². The van der Waals surface area contributed by atoms with Crippen LogP contribution in [0.4, 0.5) is 0 Å². The molecule has 6 heteroatoms. The van der Waals surface area contributed by atoms with Crippen molar-refractivity contribution in [3.63, 3.8) is 0 Å². The molecule has 1 aromatic heterocycles. The van der Waals surface area contributed by atoms with Crippen molar-refractivity contribution >= 4 is 41.3 Å². The Morgan fingerprint density at radius 3 is 2.82 bits per heavy atom. The molecule has 4 nitrogen and oxygen atoms in total. The van der Waals surface area contributed by atoms with Crippen LogP contribution < -0.4 is 11.1 Å². The maximum absolute atomic E-state index is 5.77.